The molecular formula is C14H18FNO3. The summed E-state index contributed by atoms with van der Waals surface area (Å²) in [6.07, 6.45) is 0.793. The number of aliphatic carboxylic acids is 1. The summed E-state index contributed by atoms with van der Waals surface area (Å²) in [5.41, 5.74) is 0.415. The number of halogens is 1. The van der Waals surface area contributed by atoms with Crippen LogP contribution in [0.3, 0.4) is 0 Å². The molecule has 3 atom stereocenters. The zero-order valence-corrected chi connectivity index (χ0v) is 11.0. The Labute approximate surface area is 111 Å². The normalized spacial score (nSPS) is 25.4. The molecule has 104 valence electrons. The smallest absolute Gasteiger partial charge is 0.321 e. The molecule has 4 nitrogen and oxygen atoms in total. The van der Waals surface area contributed by atoms with Gasteiger partial charge in [-0.25, -0.2) is 4.39 Å². The molecule has 0 aliphatic carbocycles. The summed E-state index contributed by atoms with van der Waals surface area (Å²) in [7, 11) is 0. The molecule has 0 spiro atoms. The lowest BCUT2D eigenvalue weighted by molar-refractivity contribution is -0.144. The van der Waals surface area contributed by atoms with Crippen LogP contribution in [0.4, 0.5) is 4.39 Å². The highest BCUT2D eigenvalue weighted by molar-refractivity contribution is 5.74. The van der Waals surface area contributed by atoms with E-state index in [1.807, 2.05) is 11.8 Å². The first-order valence-corrected chi connectivity index (χ1v) is 6.38. The number of hydrogen-bond donors (Lipinski definition) is 2. The molecule has 2 rings (SSSR count). The molecule has 19 heavy (non-hydrogen) atoms. The van der Waals surface area contributed by atoms with Crippen molar-refractivity contribution in [3.05, 3.63) is 29.6 Å². The third-order valence-corrected chi connectivity index (χ3v) is 3.92. The predicted octanol–water partition coefficient (Wildman–Crippen LogP) is 2.39. The summed E-state index contributed by atoms with van der Waals surface area (Å²) >= 11 is 0. The topological polar surface area (TPSA) is 60.8 Å². The van der Waals surface area contributed by atoms with Crippen LogP contribution in [0, 0.1) is 11.7 Å². The van der Waals surface area contributed by atoms with Crippen molar-refractivity contribution >= 4 is 5.97 Å². The van der Waals surface area contributed by atoms with Crippen LogP contribution >= 0.6 is 0 Å². The lowest BCUT2D eigenvalue weighted by Crippen LogP contribution is -2.40. The monoisotopic (exact) mass is 267 g/mol. The Morgan fingerprint density at radius 1 is 1.53 bits per heavy atom. The average molecular weight is 267 g/mol. The summed E-state index contributed by atoms with van der Waals surface area (Å²) in [6.45, 7) is 4.34. The molecule has 0 amide bonds. The highest BCUT2D eigenvalue weighted by Gasteiger charge is 2.39. The van der Waals surface area contributed by atoms with Gasteiger partial charge < -0.3 is 10.2 Å². The minimum Gasteiger partial charge on any atom is -0.508 e. The second kappa shape index (κ2) is 5.17. The van der Waals surface area contributed by atoms with Crippen LogP contribution in [0.15, 0.2) is 18.2 Å². The Bertz CT molecular complexity index is 492. The maximum Gasteiger partial charge on any atom is 0.321 e. The van der Waals surface area contributed by atoms with Gasteiger partial charge in [0.1, 0.15) is 17.6 Å². The van der Waals surface area contributed by atoms with E-state index in [9.17, 15) is 19.4 Å². The van der Waals surface area contributed by atoms with E-state index < -0.39 is 17.8 Å². The number of nitrogens with zero attached hydrogens (tertiary/aromatic N) is 1. The van der Waals surface area contributed by atoms with Crippen LogP contribution in [0.25, 0.3) is 0 Å². The predicted molar refractivity (Wildman–Crippen MR) is 68.4 cm³/mol. The van der Waals surface area contributed by atoms with Crippen LogP contribution in [0.2, 0.25) is 0 Å². The number of carbonyl (C=O) groups is 1. The molecule has 1 fully saturated rings. The van der Waals surface area contributed by atoms with E-state index in [-0.39, 0.29) is 17.7 Å². The SMILES string of the molecule is CC1CCN(C(C)c2ccc(O)cc2F)C1C(=O)O. The van der Waals surface area contributed by atoms with Gasteiger partial charge in [0.2, 0.25) is 0 Å². The van der Waals surface area contributed by atoms with E-state index in [0.29, 0.717) is 12.1 Å². The zero-order valence-electron chi connectivity index (χ0n) is 11.0. The number of aromatic hydroxyl groups is 1. The van der Waals surface area contributed by atoms with Crippen molar-refractivity contribution in [2.75, 3.05) is 6.54 Å². The number of hydrogen-bond acceptors (Lipinski definition) is 3. The molecular weight excluding hydrogens is 249 g/mol. The summed E-state index contributed by atoms with van der Waals surface area (Å²) in [4.78, 5) is 13.1. The lowest BCUT2D eigenvalue weighted by Gasteiger charge is -2.30. The van der Waals surface area contributed by atoms with Gasteiger partial charge >= 0.3 is 5.97 Å². The van der Waals surface area contributed by atoms with Gasteiger partial charge in [-0.2, -0.15) is 0 Å². The van der Waals surface area contributed by atoms with Gasteiger partial charge in [-0.05, 0) is 31.9 Å². The number of carboxylic acid groups (broad SMARTS) is 1. The van der Waals surface area contributed by atoms with E-state index in [1.165, 1.54) is 12.1 Å². The third kappa shape index (κ3) is 2.56. The Balaban J connectivity index is 2.28. The fraction of sp³-hybridized carbons (Fsp3) is 0.500. The van der Waals surface area contributed by atoms with Crippen LogP contribution < -0.4 is 0 Å². The molecule has 0 saturated carbocycles. The molecule has 0 aromatic heterocycles. The van der Waals surface area contributed by atoms with Crippen molar-refractivity contribution in [2.24, 2.45) is 5.92 Å². The number of benzene rings is 1. The number of phenols is 1. The number of likely N-dealkylation sites (tertiary alicyclic amines) is 1. The van der Waals surface area contributed by atoms with Gasteiger partial charge in [-0.3, -0.25) is 9.69 Å². The van der Waals surface area contributed by atoms with Crippen molar-refractivity contribution < 1.29 is 19.4 Å². The first kappa shape index (κ1) is 13.8. The minimum atomic E-state index is -0.865. The molecule has 1 aromatic carbocycles. The molecule has 1 saturated heterocycles. The maximum atomic E-state index is 13.8. The molecule has 3 unspecified atom stereocenters. The van der Waals surface area contributed by atoms with Gasteiger partial charge in [-0.15, -0.1) is 0 Å². The molecule has 0 bridgehead atoms. The zero-order chi connectivity index (χ0) is 14.2. The molecule has 1 aromatic rings. The minimum absolute atomic E-state index is 0.0557. The fourth-order valence-electron chi connectivity index (χ4n) is 2.83. The lowest BCUT2D eigenvalue weighted by atomic mass is 10.0. The Morgan fingerprint density at radius 3 is 2.79 bits per heavy atom. The van der Waals surface area contributed by atoms with Crippen LogP contribution in [-0.4, -0.2) is 33.7 Å². The summed E-state index contributed by atoms with van der Waals surface area (Å²) < 4.78 is 13.8. The van der Waals surface area contributed by atoms with Crippen molar-refractivity contribution in [1.82, 2.24) is 4.90 Å². The van der Waals surface area contributed by atoms with Crippen LogP contribution in [0.5, 0.6) is 5.75 Å². The molecule has 2 N–H and O–H groups in total. The second-order valence-electron chi connectivity index (χ2n) is 5.17. The Morgan fingerprint density at radius 2 is 2.21 bits per heavy atom. The summed E-state index contributed by atoms with van der Waals surface area (Å²) in [6, 6.07) is 3.08. The van der Waals surface area contributed by atoms with Crippen molar-refractivity contribution in [3.8, 4) is 5.75 Å². The third-order valence-electron chi connectivity index (χ3n) is 3.92. The maximum absolute atomic E-state index is 13.8. The first-order chi connectivity index (χ1) is 8.91. The van der Waals surface area contributed by atoms with Crippen molar-refractivity contribution in [1.29, 1.82) is 0 Å². The Hall–Kier alpha value is -1.62. The Kier molecular flexibility index (Phi) is 3.75. The van der Waals surface area contributed by atoms with Crippen molar-refractivity contribution in [2.45, 2.75) is 32.4 Å². The molecule has 1 aliphatic rings. The number of rotatable bonds is 3. The van der Waals surface area contributed by atoms with Crippen molar-refractivity contribution in [3.63, 3.8) is 0 Å². The largest absolute Gasteiger partial charge is 0.508 e. The highest BCUT2D eigenvalue weighted by Crippen LogP contribution is 2.34. The van der Waals surface area contributed by atoms with Crippen LogP contribution in [0.1, 0.15) is 31.9 Å². The molecule has 1 heterocycles. The quantitative estimate of drug-likeness (QED) is 0.882. The number of phenolic OH excluding ortho intramolecular Hbond substituents is 1. The highest BCUT2D eigenvalue weighted by atomic mass is 19.1. The standard InChI is InChI=1S/C14H18FNO3/c1-8-5-6-16(13(8)14(18)19)9(2)11-4-3-10(17)7-12(11)15/h3-4,7-9,13,17H,5-6H2,1-2H3,(H,18,19). The van der Waals surface area contributed by atoms with E-state index in [1.54, 1.807) is 6.92 Å². The van der Waals surface area contributed by atoms with Gasteiger partial charge in [0.15, 0.2) is 0 Å². The van der Waals surface area contributed by atoms with Crippen LogP contribution in [-0.2, 0) is 4.79 Å². The number of carboxylic acids is 1. The van der Waals surface area contributed by atoms with Gasteiger partial charge in [-0.1, -0.05) is 13.0 Å². The first-order valence-electron chi connectivity index (χ1n) is 6.38. The second-order valence-corrected chi connectivity index (χ2v) is 5.17. The van der Waals surface area contributed by atoms with E-state index in [0.717, 1.165) is 12.5 Å². The van der Waals surface area contributed by atoms with Gasteiger partial charge in [0.05, 0.1) is 0 Å². The van der Waals surface area contributed by atoms with E-state index in [2.05, 4.69) is 0 Å². The van der Waals surface area contributed by atoms with E-state index in [4.69, 9.17) is 0 Å². The van der Waals surface area contributed by atoms with Gasteiger partial charge in [0, 0.05) is 17.7 Å². The summed E-state index contributed by atoms with van der Waals surface area (Å²) in [5.74, 6) is -1.44. The van der Waals surface area contributed by atoms with Gasteiger partial charge in [0.25, 0.3) is 0 Å². The van der Waals surface area contributed by atoms with E-state index >= 15 is 0 Å². The molecule has 0 radical (unpaired) electrons. The summed E-state index contributed by atoms with van der Waals surface area (Å²) in [5, 5.41) is 18.5. The molecule has 5 heteroatoms. The fourth-order valence-corrected chi connectivity index (χ4v) is 2.83. The average Bonchev–Trinajstić information content (AvgIpc) is 2.70. The molecule has 1 aliphatic heterocycles.